The van der Waals surface area contributed by atoms with Crippen molar-refractivity contribution in [2.24, 2.45) is 0 Å². The summed E-state index contributed by atoms with van der Waals surface area (Å²) in [7, 11) is 0. The Morgan fingerprint density at radius 2 is 0.747 bits per heavy atom. The van der Waals surface area contributed by atoms with Crippen LogP contribution in [-0.2, 0) is 23.8 Å². The van der Waals surface area contributed by atoms with Crippen molar-refractivity contribution >= 4 is 11.9 Å². The van der Waals surface area contributed by atoms with Crippen LogP contribution in [0.3, 0.4) is 0 Å². The molecule has 0 radical (unpaired) electrons. The van der Waals surface area contributed by atoms with Gasteiger partial charge in [-0.2, -0.15) is 0 Å². The van der Waals surface area contributed by atoms with Crippen molar-refractivity contribution in [3.05, 3.63) is 60.8 Å². The van der Waals surface area contributed by atoms with Crippen molar-refractivity contribution in [2.45, 2.75) is 416 Å². The topological polar surface area (TPSA) is 175 Å². The lowest BCUT2D eigenvalue weighted by atomic mass is 9.99. The number of aliphatic hydroxyl groups is 5. The second-order valence-corrected chi connectivity index (χ2v) is 27.0. The molecule has 6 N–H and O–H groups in total. The van der Waals surface area contributed by atoms with E-state index >= 15 is 0 Å². The van der Waals surface area contributed by atoms with Crippen LogP contribution in [0.25, 0.3) is 0 Å². The van der Waals surface area contributed by atoms with E-state index in [1.165, 1.54) is 283 Å². The number of aliphatic hydroxyl groups excluding tert-OH is 5. The number of unbranched alkanes of at least 4 members (excludes halogenated alkanes) is 47. The highest BCUT2D eigenvalue weighted by Crippen LogP contribution is 2.23. The highest BCUT2D eigenvalue weighted by Gasteiger charge is 2.44. The van der Waals surface area contributed by atoms with Gasteiger partial charge < -0.3 is 45.1 Å². The van der Waals surface area contributed by atoms with E-state index in [0.29, 0.717) is 19.4 Å². The lowest BCUT2D eigenvalue weighted by Gasteiger charge is -2.40. The van der Waals surface area contributed by atoms with Crippen LogP contribution in [0.15, 0.2) is 60.8 Å². The zero-order valence-electron chi connectivity index (χ0n) is 59.3. The van der Waals surface area contributed by atoms with E-state index in [4.69, 9.17) is 14.2 Å². The average molecular weight is 1280 g/mol. The fraction of sp³-hybridized carbons (Fsp3) is 0.850. The zero-order chi connectivity index (χ0) is 65.8. The molecule has 91 heavy (non-hydrogen) atoms. The third-order valence-electron chi connectivity index (χ3n) is 18.3. The summed E-state index contributed by atoms with van der Waals surface area (Å²) < 4.78 is 16.7. The Hall–Kier alpha value is -2.64. The number of allylic oxidation sites excluding steroid dienone is 9. The van der Waals surface area contributed by atoms with Gasteiger partial charge in [0.05, 0.1) is 32.0 Å². The first-order valence-electron chi connectivity index (χ1n) is 39.1. The van der Waals surface area contributed by atoms with Gasteiger partial charge in [-0.3, -0.25) is 9.59 Å². The standard InChI is InChI=1S/C80H147NO10/c1-3-5-7-9-11-13-15-43-48-52-56-60-64-68-76(85)89-69-65-61-57-53-49-45-42-40-38-36-34-32-30-28-26-24-22-20-18-16-17-19-21-23-25-27-29-31-33-35-37-39-41-44-47-51-55-59-63-67-75(84)81-72(71-90-80-79(88)78(87)77(86)74(70-82)91-80)73(83)66-62-58-54-50-46-14-12-10-8-6-4-2/h13,15-17,20,22,46,50,62,66,72-74,77-80,82-83,86-88H,3-12,14,18-19,21,23-45,47-49,51-61,63-65,67-71H2,1-2H3,(H,81,84)/b15-13-,17-16-,22-20-,50-46+,66-62+. The molecule has 11 heteroatoms. The van der Waals surface area contributed by atoms with Gasteiger partial charge in [0, 0.05) is 12.8 Å². The summed E-state index contributed by atoms with van der Waals surface area (Å²) in [5, 5.41) is 54.4. The van der Waals surface area contributed by atoms with E-state index < -0.39 is 49.5 Å². The monoisotopic (exact) mass is 1280 g/mol. The Morgan fingerprint density at radius 1 is 0.407 bits per heavy atom. The molecule has 7 unspecified atom stereocenters. The van der Waals surface area contributed by atoms with Crippen LogP contribution in [0.5, 0.6) is 0 Å². The summed E-state index contributed by atoms with van der Waals surface area (Å²) in [6.07, 6.45) is 82.6. The first-order valence-corrected chi connectivity index (χ1v) is 39.1. The van der Waals surface area contributed by atoms with Gasteiger partial charge >= 0.3 is 5.97 Å². The highest BCUT2D eigenvalue weighted by molar-refractivity contribution is 5.76. The molecule has 7 atom stereocenters. The molecule has 0 bridgehead atoms. The number of carbonyl (C=O) groups is 2. The molecule has 1 fully saturated rings. The van der Waals surface area contributed by atoms with Gasteiger partial charge in [-0.05, 0) is 103 Å². The van der Waals surface area contributed by atoms with Crippen molar-refractivity contribution < 1.29 is 49.3 Å². The van der Waals surface area contributed by atoms with Crippen molar-refractivity contribution in [1.82, 2.24) is 5.32 Å². The van der Waals surface area contributed by atoms with E-state index in [1.807, 2.05) is 6.08 Å². The molecule has 532 valence electrons. The first-order chi connectivity index (χ1) is 44.7. The van der Waals surface area contributed by atoms with Crippen LogP contribution < -0.4 is 5.32 Å². The third kappa shape index (κ3) is 57.3. The first kappa shape index (κ1) is 86.4. The van der Waals surface area contributed by atoms with E-state index in [9.17, 15) is 35.1 Å². The largest absolute Gasteiger partial charge is 0.466 e. The van der Waals surface area contributed by atoms with Crippen LogP contribution >= 0.6 is 0 Å². The van der Waals surface area contributed by atoms with E-state index in [0.717, 1.165) is 64.2 Å². The third-order valence-corrected chi connectivity index (χ3v) is 18.3. The van der Waals surface area contributed by atoms with Crippen LogP contribution in [0.4, 0.5) is 0 Å². The summed E-state index contributed by atoms with van der Waals surface area (Å²) in [5.41, 5.74) is 0. The van der Waals surface area contributed by atoms with Gasteiger partial charge in [-0.1, -0.05) is 319 Å². The predicted octanol–water partition coefficient (Wildman–Crippen LogP) is 20.9. The van der Waals surface area contributed by atoms with Crippen LogP contribution in [0.2, 0.25) is 0 Å². The van der Waals surface area contributed by atoms with Gasteiger partial charge in [0.25, 0.3) is 0 Å². The van der Waals surface area contributed by atoms with E-state index in [-0.39, 0.29) is 18.5 Å². The van der Waals surface area contributed by atoms with Crippen LogP contribution in [0, 0.1) is 0 Å². The van der Waals surface area contributed by atoms with Crippen molar-refractivity contribution in [3.63, 3.8) is 0 Å². The number of hydrogen-bond acceptors (Lipinski definition) is 10. The maximum Gasteiger partial charge on any atom is 0.305 e. The minimum atomic E-state index is -1.58. The second kappa shape index (κ2) is 68.7. The fourth-order valence-corrected chi connectivity index (χ4v) is 12.2. The van der Waals surface area contributed by atoms with Gasteiger partial charge in [0.15, 0.2) is 6.29 Å². The van der Waals surface area contributed by atoms with Gasteiger partial charge in [0.1, 0.15) is 24.4 Å². The number of esters is 1. The molecule has 1 saturated heterocycles. The molecule has 0 saturated carbocycles. The highest BCUT2D eigenvalue weighted by atomic mass is 16.7. The number of carbonyl (C=O) groups excluding carboxylic acids is 2. The Kier molecular flexibility index (Phi) is 65.2. The molecular formula is C80H147NO10. The minimum Gasteiger partial charge on any atom is -0.466 e. The summed E-state index contributed by atoms with van der Waals surface area (Å²) in [4.78, 5) is 25.1. The number of ether oxygens (including phenoxy) is 3. The Labute approximate surface area is 560 Å². The normalized spacial score (nSPS) is 17.9. The molecule has 0 aromatic heterocycles. The van der Waals surface area contributed by atoms with Crippen molar-refractivity contribution in [3.8, 4) is 0 Å². The SMILES string of the molecule is CCCCCC/C=C\CCCCCCCC(=O)OCCCCCCCCCCCCCCCCC/C=C\C/C=C\CCCCCCCCCCCCCCCCCCCC(=O)NC(COC1OC(CO)C(O)C(O)C1O)C(O)/C=C/CC/C=C/CCCCCCC. The van der Waals surface area contributed by atoms with Crippen LogP contribution in [0.1, 0.15) is 373 Å². The van der Waals surface area contributed by atoms with Gasteiger partial charge in [0.2, 0.25) is 5.91 Å². The summed E-state index contributed by atoms with van der Waals surface area (Å²) in [6, 6.07) is -0.825. The lowest BCUT2D eigenvalue weighted by molar-refractivity contribution is -0.302. The number of hydrogen-bond donors (Lipinski definition) is 6. The Bertz CT molecular complexity index is 1700. The number of nitrogens with one attached hydrogen (secondary N) is 1. The molecule has 11 nitrogen and oxygen atoms in total. The number of rotatable bonds is 69. The van der Waals surface area contributed by atoms with Gasteiger partial charge in [-0.15, -0.1) is 0 Å². The maximum atomic E-state index is 13.0. The molecule has 1 aliphatic heterocycles. The lowest BCUT2D eigenvalue weighted by Crippen LogP contribution is -2.60. The van der Waals surface area contributed by atoms with Crippen molar-refractivity contribution in [2.75, 3.05) is 19.8 Å². The number of amides is 1. The molecular weight excluding hydrogens is 1130 g/mol. The van der Waals surface area contributed by atoms with Crippen LogP contribution in [-0.4, -0.2) is 100 Å². The van der Waals surface area contributed by atoms with E-state index in [2.05, 4.69) is 67.8 Å². The predicted molar refractivity (Wildman–Crippen MR) is 384 cm³/mol. The fourth-order valence-electron chi connectivity index (χ4n) is 12.2. The molecule has 0 aliphatic carbocycles. The quantitative estimate of drug-likeness (QED) is 0.0195. The minimum absolute atomic E-state index is 0.00517. The summed E-state index contributed by atoms with van der Waals surface area (Å²) >= 11 is 0. The molecule has 0 aromatic carbocycles. The zero-order valence-corrected chi connectivity index (χ0v) is 59.3. The molecule has 1 aliphatic rings. The summed E-state index contributed by atoms with van der Waals surface area (Å²) in [5.74, 6) is -0.184. The van der Waals surface area contributed by atoms with Gasteiger partial charge in [-0.25, -0.2) is 0 Å². The molecule has 1 amide bonds. The second-order valence-electron chi connectivity index (χ2n) is 27.0. The van der Waals surface area contributed by atoms with E-state index in [1.54, 1.807) is 6.08 Å². The Morgan fingerprint density at radius 3 is 1.16 bits per heavy atom. The average Bonchev–Trinajstić information content (AvgIpc) is 1.26. The Balaban J connectivity index is 1.90. The molecule has 1 rings (SSSR count). The van der Waals surface area contributed by atoms with Crippen molar-refractivity contribution in [1.29, 1.82) is 0 Å². The molecule has 1 heterocycles. The molecule has 0 aromatic rings. The summed E-state index contributed by atoms with van der Waals surface area (Å²) in [6.45, 7) is 4.32. The molecule has 0 spiro atoms. The maximum absolute atomic E-state index is 13.0. The smallest absolute Gasteiger partial charge is 0.305 e.